The maximum Gasteiger partial charge on any atom is 0.252 e. The highest BCUT2D eigenvalue weighted by molar-refractivity contribution is 8.04. The van der Waals surface area contributed by atoms with E-state index in [4.69, 9.17) is 0 Å². The Hall–Kier alpha value is -1.46. The molecule has 1 fully saturated rings. The average molecular weight is 377 g/mol. The van der Waals surface area contributed by atoms with Crippen LogP contribution in [0.15, 0.2) is 17.2 Å². The zero-order chi connectivity index (χ0) is 20.0. The molecule has 0 atom stereocenters. The van der Waals surface area contributed by atoms with Gasteiger partial charge in [-0.25, -0.2) is 10.0 Å². The van der Waals surface area contributed by atoms with E-state index in [0.29, 0.717) is 11.5 Å². The van der Waals surface area contributed by atoms with Crippen molar-refractivity contribution in [3.8, 4) is 5.75 Å². The molecule has 1 aliphatic rings. The zero-order valence-corrected chi connectivity index (χ0v) is 18.3. The number of carbonyl (C=O) groups excluding carboxylic acids is 1. The molecular formula is C21H32N2O2S. The minimum Gasteiger partial charge on any atom is -0.507 e. The Morgan fingerprint density at radius 2 is 1.54 bits per heavy atom. The molecule has 1 aliphatic heterocycles. The van der Waals surface area contributed by atoms with Crippen LogP contribution in [0.2, 0.25) is 0 Å². The number of amides is 1. The van der Waals surface area contributed by atoms with Crippen LogP contribution in [0.1, 0.15) is 65.2 Å². The van der Waals surface area contributed by atoms with Crippen molar-refractivity contribution in [3.05, 3.63) is 33.9 Å². The van der Waals surface area contributed by atoms with E-state index in [0.717, 1.165) is 27.3 Å². The Labute approximate surface area is 162 Å². The minimum atomic E-state index is -0.176. The third kappa shape index (κ3) is 3.94. The number of hydrazine groups is 1. The average Bonchev–Trinajstić information content (AvgIpc) is 2.86. The number of thioether (sulfide) groups is 1. The summed E-state index contributed by atoms with van der Waals surface area (Å²) in [7, 11) is 3.77. The summed E-state index contributed by atoms with van der Waals surface area (Å²) in [5.74, 6) is 0.938. The van der Waals surface area contributed by atoms with Gasteiger partial charge in [0.05, 0.1) is 10.8 Å². The summed E-state index contributed by atoms with van der Waals surface area (Å²) in [6, 6.07) is 4.15. The van der Waals surface area contributed by atoms with Gasteiger partial charge in [0.25, 0.3) is 5.91 Å². The molecule has 0 saturated carbocycles. The van der Waals surface area contributed by atoms with Gasteiger partial charge >= 0.3 is 0 Å². The van der Waals surface area contributed by atoms with Crippen molar-refractivity contribution in [2.45, 2.75) is 59.3 Å². The molecule has 5 heteroatoms. The normalized spacial score (nSPS) is 18.1. The summed E-state index contributed by atoms with van der Waals surface area (Å²) in [6.07, 6.45) is 0. The monoisotopic (exact) mass is 376 g/mol. The van der Waals surface area contributed by atoms with Crippen LogP contribution < -0.4 is 0 Å². The first-order valence-electron chi connectivity index (χ1n) is 8.97. The maximum atomic E-state index is 12.3. The molecule has 4 nitrogen and oxygen atoms in total. The molecule has 0 aliphatic carbocycles. The summed E-state index contributed by atoms with van der Waals surface area (Å²) in [5.41, 5.74) is 3.64. The maximum absolute atomic E-state index is 12.3. The van der Waals surface area contributed by atoms with Crippen molar-refractivity contribution in [1.82, 2.24) is 10.0 Å². The molecule has 2 rings (SSSR count). The summed E-state index contributed by atoms with van der Waals surface area (Å²) >= 11 is 1.57. The highest BCUT2D eigenvalue weighted by Crippen LogP contribution is 2.43. The molecule has 0 spiro atoms. The predicted octanol–water partition coefficient (Wildman–Crippen LogP) is 4.73. The molecule has 0 bridgehead atoms. The summed E-state index contributed by atoms with van der Waals surface area (Å²) in [6.45, 7) is 14.7. The van der Waals surface area contributed by atoms with Gasteiger partial charge in [0.15, 0.2) is 0 Å². The molecule has 1 N–H and O–H groups in total. The molecule has 0 aromatic heterocycles. The number of aromatic hydroxyl groups is 1. The van der Waals surface area contributed by atoms with Gasteiger partial charge in [-0.1, -0.05) is 53.3 Å². The van der Waals surface area contributed by atoms with Crippen LogP contribution in [-0.4, -0.2) is 40.9 Å². The Morgan fingerprint density at radius 1 is 1.08 bits per heavy atom. The molecule has 1 saturated heterocycles. The van der Waals surface area contributed by atoms with E-state index in [-0.39, 0.29) is 16.7 Å². The smallest absolute Gasteiger partial charge is 0.252 e. The highest BCUT2D eigenvalue weighted by Gasteiger charge is 2.32. The fraction of sp³-hybridized carbons (Fsp3) is 0.571. The van der Waals surface area contributed by atoms with Crippen molar-refractivity contribution >= 4 is 23.2 Å². The van der Waals surface area contributed by atoms with Crippen molar-refractivity contribution < 1.29 is 9.90 Å². The number of nitrogens with zero attached hydrogens (tertiary/aromatic N) is 2. The van der Waals surface area contributed by atoms with Gasteiger partial charge in [-0.15, -0.1) is 0 Å². The SMILES string of the molecule is CC(=C1SCC(=O)N1N(C)C)c1cc(C(C)(C)C)c(O)c(C(C)(C)C)c1. The van der Waals surface area contributed by atoms with Crippen molar-refractivity contribution in [2.24, 2.45) is 0 Å². The summed E-state index contributed by atoms with van der Waals surface area (Å²) in [4.78, 5) is 12.3. The first kappa shape index (κ1) is 20.8. The first-order chi connectivity index (χ1) is 11.7. The number of hydrogen-bond acceptors (Lipinski definition) is 4. The molecule has 1 heterocycles. The molecule has 26 heavy (non-hydrogen) atoms. The highest BCUT2D eigenvalue weighted by atomic mass is 32.2. The lowest BCUT2D eigenvalue weighted by molar-refractivity contribution is -0.135. The quantitative estimate of drug-likeness (QED) is 0.810. The molecule has 1 aromatic rings. The van der Waals surface area contributed by atoms with E-state index in [2.05, 4.69) is 60.6 Å². The number of hydrogen-bond donors (Lipinski definition) is 1. The molecule has 0 radical (unpaired) electrons. The zero-order valence-electron chi connectivity index (χ0n) is 17.5. The number of allylic oxidation sites excluding steroid dienone is 1. The second-order valence-corrected chi connectivity index (χ2v) is 10.2. The standard InChI is InChI=1S/C21H32N2O2S/c1-13(19-23(22(8)9)17(24)12-26-19)14-10-15(20(2,3)4)18(25)16(11-14)21(5,6)7/h10-11,25H,12H2,1-9H3. The van der Waals surface area contributed by atoms with Gasteiger partial charge in [-0.3, -0.25) is 4.79 Å². The van der Waals surface area contributed by atoms with Crippen LogP contribution >= 0.6 is 11.8 Å². The van der Waals surface area contributed by atoms with Gasteiger partial charge in [0, 0.05) is 25.2 Å². The Kier molecular flexibility index (Phi) is 5.56. The number of phenolic OH excluding ortho intramolecular Hbond substituents is 1. The van der Waals surface area contributed by atoms with E-state index in [1.54, 1.807) is 16.8 Å². The van der Waals surface area contributed by atoms with Gasteiger partial charge in [0.2, 0.25) is 0 Å². The second-order valence-electron chi connectivity index (χ2n) is 9.19. The van der Waals surface area contributed by atoms with Crippen LogP contribution in [0.4, 0.5) is 0 Å². The Balaban J connectivity index is 2.74. The lowest BCUT2D eigenvalue weighted by Gasteiger charge is -2.29. The number of rotatable bonds is 2. The lowest BCUT2D eigenvalue weighted by atomic mass is 9.78. The topological polar surface area (TPSA) is 43.8 Å². The molecular weight excluding hydrogens is 344 g/mol. The van der Waals surface area contributed by atoms with Crippen LogP contribution in [0, 0.1) is 0 Å². The first-order valence-corrected chi connectivity index (χ1v) is 9.96. The Bertz CT molecular complexity index is 717. The molecule has 1 aromatic carbocycles. The van der Waals surface area contributed by atoms with Gasteiger partial charge < -0.3 is 5.11 Å². The molecule has 0 unspecified atom stereocenters. The van der Waals surface area contributed by atoms with Crippen molar-refractivity contribution in [1.29, 1.82) is 0 Å². The third-order valence-corrected chi connectivity index (χ3v) is 5.78. The van der Waals surface area contributed by atoms with E-state index < -0.39 is 0 Å². The lowest BCUT2D eigenvalue weighted by Crippen LogP contribution is -2.37. The van der Waals surface area contributed by atoms with Gasteiger partial charge in [-0.05, 0) is 41.0 Å². The fourth-order valence-corrected chi connectivity index (χ4v) is 4.26. The van der Waals surface area contributed by atoms with Crippen LogP contribution in [-0.2, 0) is 15.6 Å². The van der Waals surface area contributed by atoms with E-state index in [1.165, 1.54) is 0 Å². The number of carbonyl (C=O) groups is 1. The number of phenols is 1. The van der Waals surface area contributed by atoms with E-state index in [1.807, 2.05) is 19.1 Å². The van der Waals surface area contributed by atoms with Crippen molar-refractivity contribution in [3.63, 3.8) is 0 Å². The third-order valence-electron chi connectivity index (χ3n) is 4.64. The number of benzene rings is 1. The van der Waals surface area contributed by atoms with Crippen LogP contribution in [0.5, 0.6) is 5.75 Å². The van der Waals surface area contributed by atoms with Crippen molar-refractivity contribution in [2.75, 3.05) is 19.8 Å². The second kappa shape index (κ2) is 6.93. The Morgan fingerprint density at radius 3 is 1.92 bits per heavy atom. The van der Waals surface area contributed by atoms with Crippen LogP contribution in [0.3, 0.4) is 0 Å². The van der Waals surface area contributed by atoms with Crippen LogP contribution in [0.25, 0.3) is 5.57 Å². The summed E-state index contributed by atoms with van der Waals surface area (Å²) in [5, 5.41) is 15.4. The van der Waals surface area contributed by atoms with E-state index in [9.17, 15) is 9.90 Å². The minimum absolute atomic E-state index is 0.0974. The molecule has 144 valence electrons. The van der Waals surface area contributed by atoms with Gasteiger partial charge in [0.1, 0.15) is 5.75 Å². The van der Waals surface area contributed by atoms with E-state index >= 15 is 0 Å². The summed E-state index contributed by atoms with van der Waals surface area (Å²) < 4.78 is 0. The largest absolute Gasteiger partial charge is 0.507 e. The predicted molar refractivity (Wildman–Crippen MR) is 111 cm³/mol. The van der Waals surface area contributed by atoms with Gasteiger partial charge in [-0.2, -0.15) is 0 Å². The fourth-order valence-electron chi connectivity index (χ4n) is 3.16. The molecule has 1 amide bonds.